The van der Waals surface area contributed by atoms with E-state index in [-0.39, 0.29) is 18.0 Å². The highest BCUT2D eigenvalue weighted by Crippen LogP contribution is 2.27. The summed E-state index contributed by atoms with van der Waals surface area (Å²) in [4.78, 5) is 11.3. The van der Waals surface area contributed by atoms with Gasteiger partial charge in [-0.1, -0.05) is 13.8 Å². The third-order valence-corrected chi connectivity index (χ3v) is 3.05. The molecule has 0 aliphatic carbocycles. The van der Waals surface area contributed by atoms with Gasteiger partial charge in [-0.15, -0.1) is 0 Å². The molecule has 0 aliphatic rings. The fourth-order valence-corrected chi connectivity index (χ4v) is 2.24. The lowest BCUT2D eigenvalue weighted by Gasteiger charge is -2.22. The second-order valence-corrected chi connectivity index (χ2v) is 5.46. The SMILES string of the molecule is CCOC(=O)CC(C)(C)CCSCCO. The van der Waals surface area contributed by atoms with Crippen molar-refractivity contribution in [3.8, 4) is 0 Å². The van der Waals surface area contributed by atoms with Gasteiger partial charge < -0.3 is 9.84 Å². The van der Waals surface area contributed by atoms with E-state index in [0.717, 1.165) is 17.9 Å². The Morgan fingerprint density at radius 1 is 1.40 bits per heavy atom. The van der Waals surface area contributed by atoms with Crippen molar-refractivity contribution in [2.45, 2.75) is 33.6 Å². The van der Waals surface area contributed by atoms with E-state index in [1.165, 1.54) is 0 Å². The zero-order chi connectivity index (χ0) is 11.7. The number of aliphatic hydroxyl groups is 1. The van der Waals surface area contributed by atoms with Crippen LogP contribution in [0.3, 0.4) is 0 Å². The number of hydrogen-bond acceptors (Lipinski definition) is 4. The number of thioether (sulfide) groups is 1. The number of esters is 1. The molecular formula is C11H22O3S. The highest BCUT2D eigenvalue weighted by molar-refractivity contribution is 7.99. The molecule has 0 heterocycles. The van der Waals surface area contributed by atoms with Crippen molar-refractivity contribution in [1.82, 2.24) is 0 Å². The first-order valence-electron chi connectivity index (χ1n) is 5.36. The molecule has 0 rings (SSSR count). The normalized spacial score (nSPS) is 11.5. The van der Waals surface area contributed by atoms with Crippen LogP contribution < -0.4 is 0 Å². The van der Waals surface area contributed by atoms with E-state index in [9.17, 15) is 4.79 Å². The Kier molecular flexibility index (Phi) is 7.88. The van der Waals surface area contributed by atoms with Gasteiger partial charge >= 0.3 is 5.97 Å². The molecule has 0 aromatic rings. The quantitative estimate of drug-likeness (QED) is 0.516. The van der Waals surface area contributed by atoms with Gasteiger partial charge in [-0.3, -0.25) is 4.79 Å². The number of hydrogen-bond donors (Lipinski definition) is 1. The first-order chi connectivity index (χ1) is 7.02. The maximum absolute atomic E-state index is 11.3. The number of ether oxygens (including phenoxy) is 1. The predicted molar refractivity (Wildman–Crippen MR) is 64.1 cm³/mol. The topological polar surface area (TPSA) is 46.5 Å². The van der Waals surface area contributed by atoms with Gasteiger partial charge in [0, 0.05) is 5.75 Å². The fraction of sp³-hybridized carbons (Fsp3) is 0.909. The van der Waals surface area contributed by atoms with Gasteiger partial charge in [0.25, 0.3) is 0 Å². The second kappa shape index (κ2) is 7.99. The summed E-state index contributed by atoms with van der Waals surface area (Å²) in [6, 6.07) is 0. The molecule has 0 spiro atoms. The number of carbonyl (C=O) groups is 1. The van der Waals surface area contributed by atoms with E-state index >= 15 is 0 Å². The molecule has 90 valence electrons. The van der Waals surface area contributed by atoms with Gasteiger partial charge in [0.15, 0.2) is 0 Å². The molecule has 0 amide bonds. The molecule has 0 saturated heterocycles. The molecule has 3 nitrogen and oxygen atoms in total. The van der Waals surface area contributed by atoms with Crippen molar-refractivity contribution in [1.29, 1.82) is 0 Å². The van der Waals surface area contributed by atoms with Gasteiger partial charge in [-0.05, 0) is 24.5 Å². The van der Waals surface area contributed by atoms with Crippen LogP contribution in [-0.2, 0) is 9.53 Å². The minimum Gasteiger partial charge on any atom is -0.466 e. The Hall–Kier alpha value is -0.220. The van der Waals surface area contributed by atoms with Crippen LogP contribution in [0.4, 0.5) is 0 Å². The van der Waals surface area contributed by atoms with Crippen molar-refractivity contribution in [2.24, 2.45) is 5.41 Å². The van der Waals surface area contributed by atoms with Crippen LogP contribution in [0.5, 0.6) is 0 Å². The lowest BCUT2D eigenvalue weighted by Crippen LogP contribution is -2.19. The van der Waals surface area contributed by atoms with Crippen LogP contribution in [0.15, 0.2) is 0 Å². The van der Waals surface area contributed by atoms with E-state index < -0.39 is 0 Å². The Balaban J connectivity index is 3.70. The molecule has 0 saturated carbocycles. The van der Waals surface area contributed by atoms with Crippen molar-refractivity contribution in [3.05, 3.63) is 0 Å². The molecule has 1 N–H and O–H groups in total. The first kappa shape index (κ1) is 14.8. The summed E-state index contributed by atoms with van der Waals surface area (Å²) < 4.78 is 4.92. The summed E-state index contributed by atoms with van der Waals surface area (Å²) in [7, 11) is 0. The zero-order valence-electron chi connectivity index (χ0n) is 9.91. The Morgan fingerprint density at radius 3 is 2.60 bits per heavy atom. The first-order valence-corrected chi connectivity index (χ1v) is 6.51. The van der Waals surface area contributed by atoms with E-state index in [1.807, 2.05) is 6.92 Å². The highest BCUT2D eigenvalue weighted by Gasteiger charge is 2.22. The molecular weight excluding hydrogens is 212 g/mol. The molecule has 0 atom stereocenters. The molecule has 15 heavy (non-hydrogen) atoms. The van der Waals surface area contributed by atoms with Gasteiger partial charge in [0.2, 0.25) is 0 Å². The minimum atomic E-state index is -0.116. The lowest BCUT2D eigenvalue weighted by molar-refractivity contribution is -0.145. The van der Waals surface area contributed by atoms with Crippen LogP contribution >= 0.6 is 11.8 Å². The van der Waals surface area contributed by atoms with Crippen LogP contribution in [0, 0.1) is 5.41 Å². The molecule has 0 unspecified atom stereocenters. The summed E-state index contributed by atoms with van der Waals surface area (Å²) >= 11 is 1.72. The maximum atomic E-state index is 11.3. The molecule has 0 fully saturated rings. The zero-order valence-corrected chi connectivity index (χ0v) is 10.7. The van der Waals surface area contributed by atoms with E-state index in [1.54, 1.807) is 11.8 Å². The van der Waals surface area contributed by atoms with Crippen molar-refractivity contribution >= 4 is 17.7 Å². The van der Waals surface area contributed by atoms with Crippen LogP contribution in [-0.4, -0.2) is 35.8 Å². The van der Waals surface area contributed by atoms with Gasteiger partial charge in [-0.25, -0.2) is 0 Å². The lowest BCUT2D eigenvalue weighted by atomic mass is 9.86. The Labute approximate surface area is 96.6 Å². The van der Waals surface area contributed by atoms with Crippen LogP contribution in [0.25, 0.3) is 0 Å². The van der Waals surface area contributed by atoms with Crippen LogP contribution in [0.1, 0.15) is 33.6 Å². The van der Waals surface area contributed by atoms with E-state index in [2.05, 4.69) is 13.8 Å². The average molecular weight is 234 g/mol. The number of rotatable bonds is 8. The smallest absolute Gasteiger partial charge is 0.306 e. The largest absolute Gasteiger partial charge is 0.466 e. The molecule has 0 bridgehead atoms. The third kappa shape index (κ3) is 8.75. The van der Waals surface area contributed by atoms with Gasteiger partial charge in [0.05, 0.1) is 19.6 Å². The summed E-state index contributed by atoms with van der Waals surface area (Å²) in [5.74, 6) is 1.64. The summed E-state index contributed by atoms with van der Waals surface area (Å²) in [5.41, 5.74) is -0.00525. The Morgan fingerprint density at radius 2 is 2.07 bits per heavy atom. The predicted octanol–water partition coefficient (Wildman–Crippen LogP) is 2.08. The summed E-state index contributed by atoms with van der Waals surface area (Å²) in [6.45, 7) is 6.64. The number of aliphatic hydroxyl groups excluding tert-OH is 1. The molecule has 0 radical (unpaired) electrons. The monoisotopic (exact) mass is 234 g/mol. The Bertz CT molecular complexity index is 181. The van der Waals surface area contributed by atoms with Crippen molar-refractivity contribution in [3.63, 3.8) is 0 Å². The molecule has 0 aromatic carbocycles. The van der Waals surface area contributed by atoms with Gasteiger partial charge in [0.1, 0.15) is 0 Å². The molecule has 0 aliphatic heterocycles. The highest BCUT2D eigenvalue weighted by atomic mass is 32.2. The maximum Gasteiger partial charge on any atom is 0.306 e. The standard InChI is InChI=1S/C11H22O3S/c1-4-14-10(13)9-11(2,3)5-7-15-8-6-12/h12H,4-9H2,1-3H3. The fourth-order valence-electron chi connectivity index (χ4n) is 1.21. The van der Waals surface area contributed by atoms with Crippen molar-refractivity contribution in [2.75, 3.05) is 24.7 Å². The van der Waals surface area contributed by atoms with Crippen LogP contribution in [0.2, 0.25) is 0 Å². The van der Waals surface area contributed by atoms with Crippen molar-refractivity contribution < 1.29 is 14.6 Å². The van der Waals surface area contributed by atoms with E-state index in [4.69, 9.17) is 9.84 Å². The summed E-state index contributed by atoms with van der Waals surface area (Å²) in [6.07, 6.45) is 1.44. The average Bonchev–Trinajstić information content (AvgIpc) is 2.12. The van der Waals surface area contributed by atoms with E-state index in [0.29, 0.717) is 13.0 Å². The number of carbonyl (C=O) groups excluding carboxylic acids is 1. The third-order valence-electron chi connectivity index (χ3n) is 2.09. The minimum absolute atomic E-state index is 0.00525. The molecule has 4 heteroatoms. The summed E-state index contributed by atoms with van der Waals surface area (Å²) in [5, 5.41) is 8.62. The van der Waals surface area contributed by atoms with Gasteiger partial charge in [-0.2, -0.15) is 11.8 Å². The second-order valence-electron chi connectivity index (χ2n) is 4.23. The molecule has 0 aromatic heterocycles.